The number of hydrogen-bond acceptors (Lipinski definition) is 3. The van der Waals surface area contributed by atoms with Gasteiger partial charge in [-0.2, -0.15) is 0 Å². The van der Waals surface area contributed by atoms with Crippen molar-refractivity contribution in [2.45, 2.75) is 39.0 Å². The number of anilines is 1. The molecular weight excluding hydrogens is 320 g/mol. The van der Waals surface area contributed by atoms with Crippen LogP contribution in [0.15, 0.2) is 24.3 Å². The Morgan fingerprint density at radius 2 is 1.72 bits per heavy atom. The number of nitrogens with one attached hydrogen (secondary N) is 1. The fraction of sp³-hybridized carbons (Fsp3) is 0.526. The summed E-state index contributed by atoms with van der Waals surface area (Å²) in [5, 5.41) is 11.9. The van der Waals surface area contributed by atoms with Crippen molar-refractivity contribution in [3.8, 4) is 0 Å². The molecular formula is C19H24N2O4. The van der Waals surface area contributed by atoms with E-state index in [1.165, 1.54) is 0 Å². The molecule has 3 rings (SSSR count). The van der Waals surface area contributed by atoms with Crippen molar-refractivity contribution in [3.05, 3.63) is 29.8 Å². The molecule has 0 spiro atoms. The largest absolute Gasteiger partial charge is 0.481 e. The van der Waals surface area contributed by atoms with Crippen molar-refractivity contribution in [1.82, 2.24) is 4.90 Å². The molecule has 2 fully saturated rings. The van der Waals surface area contributed by atoms with Crippen LogP contribution in [-0.2, 0) is 9.59 Å². The van der Waals surface area contributed by atoms with E-state index >= 15 is 0 Å². The fourth-order valence-electron chi connectivity index (χ4n) is 3.42. The molecule has 2 aliphatic rings. The van der Waals surface area contributed by atoms with Crippen LogP contribution in [0.3, 0.4) is 0 Å². The molecule has 6 nitrogen and oxygen atoms in total. The average molecular weight is 344 g/mol. The average Bonchev–Trinajstić information content (AvgIpc) is 2.59. The van der Waals surface area contributed by atoms with Gasteiger partial charge in [0.05, 0.1) is 5.92 Å². The van der Waals surface area contributed by atoms with Gasteiger partial charge in [0.1, 0.15) is 0 Å². The summed E-state index contributed by atoms with van der Waals surface area (Å²) >= 11 is 0. The number of rotatable bonds is 4. The second-order valence-corrected chi connectivity index (χ2v) is 7.35. The first kappa shape index (κ1) is 17.5. The first-order valence-electron chi connectivity index (χ1n) is 8.83. The smallest absolute Gasteiger partial charge is 0.306 e. The number of carboxylic acids is 1. The minimum atomic E-state index is -0.785. The predicted octanol–water partition coefficient (Wildman–Crippen LogP) is 2.75. The third kappa shape index (κ3) is 3.67. The van der Waals surface area contributed by atoms with Gasteiger partial charge in [-0.3, -0.25) is 14.4 Å². The molecule has 2 N–H and O–H groups in total. The molecule has 0 atom stereocenters. The summed E-state index contributed by atoms with van der Waals surface area (Å²) in [5.74, 6) is -1.19. The molecule has 1 aliphatic heterocycles. The monoisotopic (exact) mass is 344 g/mol. The number of carbonyl (C=O) groups is 3. The molecule has 1 aromatic rings. The van der Waals surface area contributed by atoms with Gasteiger partial charge >= 0.3 is 5.97 Å². The number of hydrogen-bond donors (Lipinski definition) is 2. The molecule has 1 aliphatic carbocycles. The predicted molar refractivity (Wildman–Crippen MR) is 93.3 cm³/mol. The van der Waals surface area contributed by atoms with E-state index in [0.29, 0.717) is 37.2 Å². The van der Waals surface area contributed by atoms with Crippen LogP contribution in [0.4, 0.5) is 5.69 Å². The maximum atomic E-state index is 12.5. The molecule has 25 heavy (non-hydrogen) atoms. The Labute approximate surface area is 147 Å². The maximum absolute atomic E-state index is 12.5. The highest BCUT2D eigenvalue weighted by molar-refractivity contribution is 5.97. The van der Waals surface area contributed by atoms with Crippen LogP contribution in [0.1, 0.15) is 49.4 Å². The van der Waals surface area contributed by atoms with Crippen molar-refractivity contribution in [3.63, 3.8) is 0 Å². The Bertz CT molecular complexity index is 671. The topological polar surface area (TPSA) is 86.7 Å². The normalized spacial score (nSPS) is 19.8. The van der Waals surface area contributed by atoms with Crippen LogP contribution in [0.25, 0.3) is 0 Å². The van der Waals surface area contributed by atoms with Gasteiger partial charge in [0, 0.05) is 29.8 Å². The Morgan fingerprint density at radius 3 is 2.20 bits per heavy atom. The molecule has 1 saturated heterocycles. The van der Waals surface area contributed by atoms with Gasteiger partial charge in [-0.1, -0.05) is 13.3 Å². The van der Waals surface area contributed by atoms with Gasteiger partial charge in [-0.05, 0) is 49.9 Å². The Balaban J connectivity index is 1.57. The summed E-state index contributed by atoms with van der Waals surface area (Å²) in [7, 11) is 0. The number of piperidine rings is 1. The molecule has 1 heterocycles. The van der Waals surface area contributed by atoms with Gasteiger partial charge in [0.15, 0.2) is 0 Å². The van der Waals surface area contributed by atoms with Gasteiger partial charge in [0.2, 0.25) is 5.91 Å². The highest BCUT2D eigenvalue weighted by Gasteiger charge is 2.39. The SMILES string of the molecule is CC1(C(=O)Nc2ccc(C(=O)N3CCC(C(=O)O)CC3)cc2)CCC1. The lowest BCUT2D eigenvalue weighted by molar-refractivity contribution is -0.143. The molecule has 0 radical (unpaired) electrons. The number of aliphatic carboxylic acids is 1. The van der Waals surface area contributed by atoms with Crippen molar-refractivity contribution in [2.75, 3.05) is 18.4 Å². The lowest BCUT2D eigenvalue weighted by Crippen LogP contribution is -2.40. The second-order valence-electron chi connectivity index (χ2n) is 7.35. The Morgan fingerprint density at radius 1 is 1.12 bits per heavy atom. The first-order chi connectivity index (χ1) is 11.9. The van der Waals surface area contributed by atoms with E-state index in [4.69, 9.17) is 5.11 Å². The molecule has 134 valence electrons. The summed E-state index contributed by atoms with van der Waals surface area (Å²) < 4.78 is 0. The molecule has 1 aromatic carbocycles. The standard InChI is InChI=1S/C19H24N2O4/c1-19(9-2-10-19)18(25)20-15-5-3-13(4-6-15)16(22)21-11-7-14(8-12-21)17(23)24/h3-6,14H,2,7-12H2,1H3,(H,20,25)(H,23,24). The summed E-state index contributed by atoms with van der Waals surface area (Å²) in [4.78, 5) is 37.4. The lowest BCUT2D eigenvalue weighted by Gasteiger charge is -2.36. The Kier molecular flexibility index (Phi) is 4.79. The van der Waals surface area contributed by atoms with E-state index < -0.39 is 5.97 Å². The van der Waals surface area contributed by atoms with Crippen LogP contribution in [0.2, 0.25) is 0 Å². The number of carbonyl (C=O) groups excluding carboxylic acids is 2. The van der Waals surface area contributed by atoms with E-state index in [1.54, 1.807) is 29.2 Å². The maximum Gasteiger partial charge on any atom is 0.306 e. The van der Waals surface area contributed by atoms with Gasteiger partial charge in [-0.25, -0.2) is 0 Å². The van der Waals surface area contributed by atoms with Crippen molar-refractivity contribution < 1.29 is 19.5 Å². The third-order valence-corrected chi connectivity index (χ3v) is 5.53. The minimum absolute atomic E-state index is 0.0357. The van der Waals surface area contributed by atoms with Gasteiger partial charge < -0.3 is 15.3 Å². The summed E-state index contributed by atoms with van der Waals surface area (Å²) in [6.45, 7) is 2.91. The van der Waals surface area contributed by atoms with Crippen LogP contribution < -0.4 is 5.32 Å². The number of likely N-dealkylation sites (tertiary alicyclic amines) is 1. The first-order valence-corrected chi connectivity index (χ1v) is 8.83. The highest BCUT2D eigenvalue weighted by Crippen LogP contribution is 2.41. The Hall–Kier alpha value is -2.37. The molecule has 0 bridgehead atoms. The van der Waals surface area contributed by atoms with Crippen molar-refractivity contribution in [1.29, 1.82) is 0 Å². The minimum Gasteiger partial charge on any atom is -0.481 e. The van der Waals surface area contributed by atoms with E-state index in [9.17, 15) is 14.4 Å². The van der Waals surface area contributed by atoms with Crippen LogP contribution >= 0.6 is 0 Å². The van der Waals surface area contributed by atoms with Crippen LogP contribution in [0, 0.1) is 11.3 Å². The van der Waals surface area contributed by atoms with Gasteiger partial charge in [-0.15, -0.1) is 0 Å². The zero-order valence-corrected chi connectivity index (χ0v) is 14.5. The summed E-state index contributed by atoms with van der Waals surface area (Å²) in [6, 6.07) is 6.92. The third-order valence-electron chi connectivity index (χ3n) is 5.53. The quantitative estimate of drug-likeness (QED) is 0.879. The highest BCUT2D eigenvalue weighted by atomic mass is 16.4. The number of amides is 2. The number of carboxylic acid groups (broad SMARTS) is 1. The van der Waals surface area contributed by atoms with Crippen LogP contribution in [0.5, 0.6) is 0 Å². The molecule has 0 unspecified atom stereocenters. The molecule has 1 saturated carbocycles. The van der Waals surface area contributed by atoms with E-state index in [0.717, 1.165) is 19.3 Å². The summed E-state index contributed by atoms with van der Waals surface area (Å²) in [5.41, 5.74) is 0.990. The van der Waals surface area contributed by atoms with Crippen molar-refractivity contribution >= 4 is 23.5 Å². The fourth-order valence-corrected chi connectivity index (χ4v) is 3.42. The zero-order valence-electron chi connectivity index (χ0n) is 14.5. The van der Waals surface area contributed by atoms with E-state index in [-0.39, 0.29) is 23.1 Å². The summed E-state index contributed by atoms with van der Waals surface area (Å²) in [6.07, 6.45) is 3.92. The number of nitrogens with zero attached hydrogens (tertiary/aromatic N) is 1. The lowest BCUT2D eigenvalue weighted by atomic mass is 9.70. The van der Waals surface area contributed by atoms with E-state index in [1.807, 2.05) is 6.92 Å². The number of benzene rings is 1. The molecule has 2 amide bonds. The molecule has 0 aromatic heterocycles. The zero-order chi connectivity index (χ0) is 18.0. The van der Waals surface area contributed by atoms with Gasteiger partial charge in [0.25, 0.3) is 5.91 Å². The second kappa shape index (κ2) is 6.86. The van der Waals surface area contributed by atoms with Crippen LogP contribution in [-0.4, -0.2) is 40.9 Å². The van der Waals surface area contributed by atoms with Crippen molar-refractivity contribution in [2.24, 2.45) is 11.3 Å². The molecule has 6 heteroatoms. The van der Waals surface area contributed by atoms with E-state index in [2.05, 4.69) is 5.32 Å².